The van der Waals surface area contributed by atoms with Gasteiger partial charge in [0.05, 0.1) is 26.9 Å². The number of hydrogen-bond acceptors (Lipinski definition) is 5. The van der Waals surface area contributed by atoms with E-state index in [9.17, 15) is 5.11 Å². The molecule has 2 aromatic rings. The van der Waals surface area contributed by atoms with Crippen molar-refractivity contribution >= 4 is 0 Å². The third kappa shape index (κ3) is 6.67. The summed E-state index contributed by atoms with van der Waals surface area (Å²) in [6.45, 7) is 4.89. The predicted octanol–water partition coefficient (Wildman–Crippen LogP) is 3.10. The lowest BCUT2D eigenvalue weighted by atomic mass is 10.1. The standard InChI is InChI=1S/C21H29NO4/c1-4-26-16-19(23)15-22(13-17-5-9-20(24-2)10-6-17)14-18-7-11-21(25-3)12-8-18/h5-12,19,23H,4,13-16H2,1-3H3/t19-/m0/s1. The fraction of sp³-hybridized carbons (Fsp3) is 0.429. The fourth-order valence-electron chi connectivity index (χ4n) is 2.77. The smallest absolute Gasteiger partial charge is 0.118 e. The molecule has 2 aromatic carbocycles. The predicted molar refractivity (Wildman–Crippen MR) is 103 cm³/mol. The number of rotatable bonds is 11. The van der Waals surface area contributed by atoms with Crippen LogP contribution in [0.1, 0.15) is 18.1 Å². The topological polar surface area (TPSA) is 51.2 Å². The Balaban J connectivity index is 2.05. The minimum atomic E-state index is -0.522. The summed E-state index contributed by atoms with van der Waals surface area (Å²) in [5, 5.41) is 10.3. The van der Waals surface area contributed by atoms with E-state index in [4.69, 9.17) is 14.2 Å². The lowest BCUT2D eigenvalue weighted by molar-refractivity contribution is 0.0179. The first kappa shape index (κ1) is 20.2. The van der Waals surface area contributed by atoms with E-state index in [0.717, 1.165) is 24.6 Å². The summed E-state index contributed by atoms with van der Waals surface area (Å²) >= 11 is 0. The van der Waals surface area contributed by atoms with Gasteiger partial charge in [0, 0.05) is 26.2 Å². The van der Waals surface area contributed by atoms with E-state index in [1.165, 1.54) is 11.1 Å². The van der Waals surface area contributed by atoms with E-state index >= 15 is 0 Å². The van der Waals surface area contributed by atoms with Crippen molar-refractivity contribution in [2.45, 2.75) is 26.1 Å². The van der Waals surface area contributed by atoms with Gasteiger partial charge in [0.15, 0.2) is 0 Å². The van der Waals surface area contributed by atoms with Gasteiger partial charge in [0.2, 0.25) is 0 Å². The Hall–Kier alpha value is -2.08. The van der Waals surface area contributed by atoms with E-state index < -0.39 is 6.10 Å². The van der Waals surface area contributed by atoms with E-state index in [0.29, 0.717) is 19.8 Å². The molecule has 0 unspecified atom stereocenters. The summed E-state index contributed by atoms with van der Waals surface area (Å²) in [5.41, 5.74) is 2.34. The first-order valence-corrected chi connectivity index (χ1v) is 8.88. The van der Waals surface area contributed by atoms with Crippen LogP contribution in [0.3, 0.4) is 0 Å². The van der Waals surface area contributed by atoms with Crippen LogP contribution in [-0.4, -0.2) is 50.1 Å². The van der Waals surface area contributed by atoms with Crippen LogP contribution < -0.4 is 9.47 Å². The van der Waals surface area contributed by atoms with Crippen molar-refractivity contribution in [1.29, 1.82) is 0 Å². The normalized spacial score (nSPS) is 12.2. The van der Waals surface area contributed by atoms with E-state index in [1.54, 1.807) is 14.2 Å². The van der Waals surface area contributed by atoms with Crippen molar-refractivity contribution in [2.75, 3.05) is 34.0 Å². The van der Waals surface area contributed by atoms with Crippen LogP contribution in [0.15, 0.2) is 48.5 Å². The van der Waals surface area contributed by atoms with Crippen LogP contribution in [0.25, 0.3) is 0 Å². The molecule has 0 saturated carbocycles. The van der Waals surface area contributed by atoms with Crippen molar-refractivity contribution in [2.24, 2.45) is 0 Å². The van der Waals surface area contributed by atoms with Crippen LogP contribution in [0.5, 0.6) is 11.5 Å². The second-order valence-corrected chi connectivity index (χ2v) is 6.18. The summed E-state index contributed by atoms with van der Waals surface area (Å²) in [4.78, 5) is 2.22. The lowest BCUT2D eigenvalue weighted by Gasteiger charge is -2.25. The Kier molecular flexibility index (Phi) is 8.41. The van der Waals surface area contributed by atoms with Crippen LogP contribution in [0, 0.1) is 0 Å². The van der Waals surface area contributed by atoms with Gasteiger partial charge in [0.1, 0.15) is 11.5 Å². The molecule has 0 saturated heterocycles. The minimum absolute atomic E-state index is 0.345. The maximum absolute atomic E-state index is 10.3. The van der Waals surface area contributed by atoms with Crippen molar-refractivity contribution in [1.82, 2.24) is 4.90 Å². The Morgan fingerprint density at radius 3 is 1.69 bits per heavy atom. The van der Waals surface area contributed by atoms with Crippen molar-refractivity contribution in [3.63, 3.8) is 0 Å². The van der Waals surface area contributed by atoms with Crippen LogP contribution >= 0.6 is 0 Å². The number of aliphatic hydroxyl groups excluding tert-OH is 1. The van der Waals surface area contributed by atoms with Crippen LogP contribution in [0.2, 0.25) is 0 Å². The number of ether oxygens (including phenoxy) is 3. The highest BCUT2D eigenvalue weighted by Gasteiger charge is 2.13. The monoisotopic (exact) mass is 359 g/mol. The highest BCUT2D eigenvalue weighted by molar-refractivity contribution is 5.28. The molecule has 0 radical (unpaired) electrons. The largest absolute Gasteiger partial charge is 0.497 e. The maximum Gasteiger partial charge on any atom is 0.118 e. The SMILES string of the molecule is CCOC[C@@H](O)CN(Cc1ccc(OC)cc1)Cc1ccc(OC)cc1. The van der Waals surface area contributed by atoms with Gasteiger partial charge in [-0.1, -0.05) is 24.3 Å². The van der Waals surface area contributed by atoms with Crippen molar-refractivity contribution < 1.29 is 19.3 Å². The molecular weight excluding hydrogens is 330 g/mol. The average Bonchev–Trinajstić information content (AvgIpc) is 2.67. The second-order valence-electron chi connectivity index (χ2n) is 6.18. The first-order valence-electron chi connectivity index (χ1n) is 8.88. The zero-order valence-electron chi connectivity index (χ0n) is 15.9. The molecule has 0 spiro atoms. The molecule has 1 N–H and O–H groups in total. The van der Waals surface area contributed by atoms with Gasteiger partial charge in [0.25, 0.3) is 0 Å². The van der Waals surface area contributed by atoms with E-state index in [2.05, 4.69) is 29.2 Å². The quantitative estimate of drug-likeness (QED) is 0.668. The molecule has 2 rings (SSSR count). The number of methoxy groups -OCH3 is 2. The summed E-state index contributed by atoms with van der Waals surface area (Å²) in [7, 11) is 3.32. The molecule has 0 aliphatic heterocycles. The molecule has 0 aliphatic rings. The zero-order valence-corrected chi connectivity index (χ0v) is 15.9. The molecule has 0 aromatic heterocycles. The van der Waals surface area contributed by atoms with E-state index in [1.807, 2.05) is 31.2 Å². The lowest BCUT2D eigenvalue weighted by Crippen LogP contribution is -2.34. The Morgan fingerprint density at radius 1 is 0.846 bits per heavy atom. The van der Waals surface area contributed by atoms with Crippen molar-refractivity contribution in [3.8, 4) is 11.5 Å². The summed E-state index contributed by atoms with van der Waals surface area (Å²) < 4.78 is 15.8. The second kappa shape index (κ2) is 10.8. The van der Waals surface area contributed by atoms with Gasteiger partial charge in [-0.05, 0) is 42.3 Å². The Morgan fingerprint density at radius 2 is 1.31 bits per heavy atom. The number of aliphatic hydroxyl groups is 1. The van der Waals surface area contributed by atoms with Gasteiger partial charge in [-0.3, -0.25) is 4.90 Å². The first-order chi connectivity index (χ1) is 12.6. The van der Waals surface area contributed by atoms with Gasteiger partial charge in [-0.15, -0.1) is 0 Å². The number of nitrogens with zero attached hydrogens (tertiary/aromatic N) is 1. The molecule has 142 valence electrons. The average molecular weight is 359 g/mol. The summed E-state index contributed by atoms with van der Waals surface area (Å²) in [5.74, 6) is 1.68. The van der Waals surface area contributed by atoms with Gasteiger partial charge in [-0.25, -0.2) is 0 Å². The summed E-state index contributed by atoms with van der Waals surface area (Å²) in [6, 6.07) is 16.0. The Bertz CT molecular complexity index is 578. The Labute approximate surface area is 156 Å². The van der Waals surface area contributed by atoms with Gasteiger partial charge in [-0.2, -0.15) is 0 Å². The highest BCUT2D eigenvalue weighted by atomic mass is 16.5. The molecule has 26 heavy (non-hydrogen) atoms. The van der Waals surface area contributed by atoms with Crippen molar-refractivity contribution in [3.05, 3.63) is 59.7 Å². The summed E-state index contributed by atoms with van der Waals surface area (Å²) in [6.07, 6.45) is -0.522. The number of benzene rings is 2. The zero-order chi connectivity index (χ0) is 18.8. The fourth-order valence-corrected chi connectivity index (χ4v) is 2.77. The van der Waals surface area contributed by atoms with E-state index in [-0.39, 0.29) is 0 Å². The molecule has 5 nitrogen and oxygen atoms in total. The van der Waals surface area contributed by atoms with Crippen LogP contribution in [-0.2, 0) is 17.8 Å². The number of hydrogen-bond donors (Lipinski definition) is 1. The third-order valence-electron chi connectivity index (χ3n) is 4.11. The highest BCUT2D eigenvalue weighted by Crippen LogP contribution is 2.17. The maximum atomic E-state index is 10.3. The minimum Gasteiger partial charge on any atom is -0.497 e. The molecule has 0 amide bonds. The van der Waals surface area contributed by atoms with Gasteiger partial charge < -0.3 is 19.3 Å². The van der Waals surface area contributed by atoms with Crippen LogP contribution in [0.4, 0.5) is 0 Å². The molecule has 0 fully saturated rings. The molecular formula is C21H29NO4. The van der Waals surface area contributed by atoms with Gasteiger partial charge >= 0.3 is 0 Å². The molecule has 1 atom stereocenters. The molecule has 0 heterocycles. The molecule has 0 aliphatic carbocycles. The molecule has 0 bridgehead atoms. The third-order valence-corrected chi connectivity index (χ3v) is 4.11. The molecule has 5 heteroatoms.